The van der Waals surface area contributed by atoms with Crippen LogP contribution in [0.4, 0.5) is 0 Å². The topological polar surface area (TPSA) is 89.7 Å². The lowest BCUT2D eigenvalue weighted by molar-refractivity contribution is -0.127. The highest BCUT2D eigenvalue weighted by atomic mass is 35.5. The van der Waals surface area contributed by atoms with Crippen molar-refractivity contribution in [2.45, 2.75) is 32.4 Å². The maximum atomic E-state index is 12.7. The molecule has 3 aromatic rings. The summed E-state index contributed by atoms with van der Waals surface area (Å²) >= 11 is 6.05. The highest BCUT2D eigenvalue weighted by Crippen LogP contribution is 2.26. The molecule has 9 heteroatoms. The van der Waals surface area contributed by atoms with Crippen LogP contribution in [-0.2, 0) is 11.3 Å². The Balaban J connectivity index is 1.21. The Bertz CT molecular complexity index is 1100. The maximum absolute atomic E-state index is 12.7. The number of aromatic nitrogens is 2. The number of ether oxygens (including phenoxy) is 2. The number of hydrogen-bond donors (Lipinski definition) is 1. The number of para-hydroxylation sites is 2. The highest BCUT2D eigenvalue weighted by Gasteiger charge is 2.27. The SMILES string of the molecule is COc1ccccc1OCC(C)NC(=O)C1CCN(Cc2nc(-c3cccc(Cl)c3)no2)CC1. The number of halogens is 1. The van der Waals surface area contributed by atoms with Crippen LogP contribution < -0.4 is 14.8 Å². The number of nitrogens with zero attached hydrogens (tertiary/aromatic N) is 3. The number of likely N-dealkylation sites (tertiary alicyclic amines) is 1. The summed E-state index contributed by atoms with van der Waals surface area (Å²) in [6, 6.07) is 14.7. The van der Waals surface area contributed by atoms with E-state index in [2.05, 4.69) is 20.4 Å². The lowest BCUT2D eigenvalue weighted by Gasteiger charge is -2.30. The van der Waals surface area contributed by atoms with Gasteiger partial charge in [-0.05, 0) is 57.1 Å². The molecule has 0 aliphatic carbocycles. The van der Waals surface area contributed by atoms with Crippen LogP contribution in [0.25, 0.3) is 11.4 Å². The van der Waals surface area contributed by atoms with Gasteiger partial charge in [-0.2, -0.15) is 4.98 Å². The zero-order valence-electron chi connectivity index (χ0n) is 19.4. The minimum Gasteiger partial charge on any atom is -0.493 e. The Morgan fingerprint density at radius 3 is 2.71 bits per heavy atom. The van der Waals surface area contributed by atoms with Crippen molar-refractivity contribution in [2.75, 3.05) is 26.8 Å². The molecule has 1 aliphatic rings. The number of rotatable bonds is 9. The minimum atomic E-state index is -0.112. The monoisotopic (exact) mass is 484 g/mol. The second-order valence-corrected chi connectivity index (χ2v) is 8.88. The molecule has 1 amide bonds. The van der Waals surface area contributed by atoms with Crippen LogP contribution in [0.3, 0.4) is 0 Å². The molecule has 1 aromatic heterocycles. The van der Waals surface area contributed by atoms with E-state index in [0.717, 1.165) is 31.5 Å². The molecular weight excluding hydrogens is 456 g/mol. The van der Waals surface area contributed by atoms with Crippen LogP contribution in [0.2, 0.25) is 5.02 Å². The smallest absolute Gasteiger partial charge is 0.241 e. The standard InChI is InChI=1S/C25H29ClN4O4/c1-17(16-33-22-9-4-3-8-21(22)32-2)27-25(31)18-10-12-30(13-11-18)15-23-28-24(29-34-23)19-6-5-7-20(26)14-19/h3-9,14,17-18H,10-13,15-16H2,1-2H3,(H,27,31). The first-order valence-electron chi connectivity index (χ1n) is 11.4. The molecule has 0 spiro atoms. The summed E-state index contributed by atoms with van der Waals surface area (Å²) < 4.78 is 16.5. The average molecular weight is 485 g/mol. The molecule has 1 aliphatic heterocycles. The van der Waals surface area contributed by atoms with Crippen LogP contribution in [0.15, 0.2) is 53.1 Å². The van der Waals surface area contributed by atoms with Gasteiger partial charge >= 0.3 is 0 Å². The van der Waals surface area contributed by atoms with Crippen molar-refractivity contribution in [3.8, 4) is 22.9 Å². The van der Waals surface area contributed by atoms with E-state index < -0.39 is 0 Å². The summed E-state index contributed by atoms with van der Waals surface area (Å²) in [5, 5.41) is 7.77. The van der Waals surface area contributed by atoms with E-state index in [1.165, 1.54) is 0 Å². The van der Waals surface area contributed by atoms with E-state index in [-0.39, 0.29) is 17.9 Å². The molecule has 34 heavy (non-hydrogen) atoms. The van der Waals surface area contributed by atoms with Crippen LogP contribution in [0.5, 0.6) is 11.5 Å². The van der Waals surface area contributed by atoms with Gasteiger partial charge in [-0.15, -0.1) is 0 Å². The molecule has 0 radical (unpaired) electrons. The summed E-state index contributed by atoms with van der Waals surface area (Å²) in [4.78, 5) is 19.5. The van der Waals surface area contributed by atoms with Gasteiger partial charge in [0.15, 0.2) is 11.5 Å². The van der Waals surface area contributed by atoms with Gasteiger partial charge in [-0.25, -0.2) is 0 Å². The van der Waals surface area contributed by atoms with Gasteiger partial charge in [0.2, 0.25) is 17.6 Å². The van der Waals surface area contributed by atoms with Crippen molar-refractivity contribution in [1.29, 1.82) is 0 Å². The van der Waals surface area contributed by atoms with Gasteiger partial charge in [0, 0.05) is 16.5 Å². The number of amides is 1. The molecule has 1 unspecified atom stereocenters. The first-order valence-corrected chi connectivity index (χ1v) is 11.8. The lowest BCUT2D eigenvalue weighted by atomic mass is 9.95. The molecule has 1 saturated heterocycles. The number of nitrogens with one attached hydrogen (secondary N) is 1. The number of carbonyl (C=O) groups excluding carboxylic acids is 1. The van der Waals surface area contributed by atoms with Gasteiger partial charge < -0.3 is 19.3 Å². The largest absolute Gasteiger partial charge is 0.493 e. The Labute approximate surface area is 204 Å². The minimum absolute atomic E-state index is 0.0188. The zero-order chi connectivity index (χ0) is 23.9. The molecule has 0 bridgehead atoms. The molecule has 2 heterocycles. The first kappa shape index (κ1) is 24.0. The Morgan fingerprint density at radius 1 is 1.21 bits per heavy atom. The van der Waals surface area contributed by atoms with Crippen LogP contribution in [0, 0.1) is 5.92 Å². The van der Waals surface area contributed by atoms with Gasteiger partial charge in [-0.3, -0.25) is 9.69 Å². The average Bonchev–Trinajstić information content (AvgIpc) is 3.32. The summed E-state index contributed by atoms with van der Waals surface area (Å²) in [6.07, 6.45) is 1.56. The van der Waals surface area contributed by atoms with Crippen LogP contribution >= 0.6 is 11.6 Å². The molecule has 1 atom stereocenters. The number of piperidine rings is 1. The fourth-order valence-corrected chi connectivity index (χ4v) is 4.15. The van der Waals surface area contributed by atoms with Crippen molar-refractivity contribution >= 4 is 17.5 Å². The van der Waals surface area contributed by atoms with Gasteiger partial charge in [0.05, 0.1) is 19.7 Å². The third-order valence-corrected chi connectivity index (χ3v) is 6.05. The van der Waals surface area contributed by atoms with E-state index in [1.807, 2.05) is 49.4 Å². The fourth-order valence-electron chi connectivity index (χ4n) is 3.96. The summed E-state index contributed by atoms with van der Waals surface area (Å²) in [5.41, 5.74) is 0.821. The maximum Gasteiger partial charge on any atom is 0.241 e. The molecule has 1 N–H and O–H groups in total. The van der Waals surface area contributed by atoms with E-state index in [0.29, 0.717) is 41.4 Å². The van der Waals surface area contributed by atoms with Crippen molar-refractivity contribution in [1.82, 2.24) is 20.4 Å². The molecule has 4 rings (SSSR count). The van der Waals surface area contributed by atoms with Crippen LogP contribution in [-0.4, -0.2) is 53.8 Å². The van der Waals surface area contributed by atoms with Crippen LogP contribution in [0.1, 0.15) is 25.7 Å². The second-order valence-electron chi connectivity index (χ2n) is 8.44. The first-order chi connectivity index (χ1) is 16.5. The number of benzene rings is 2. The number of carbonyl (C=O) groups is 1. The Kier molecular flexibility index (Phi) is 8.03. The normalized spacial score (nSPS) is 15.6. The number of methoxy groups -OCH3 is 1. The van der Waals surface area contributed by atoms with E-state index >= 15 is 0 Å². The molecule has 2 aromatic carbocycles. The fraction of sp³-hybridized carbons (Fsp3) is 0.400. The lowest BCUT2D eigenvalue weighted by Crippen LogP contribution is -2.44. The molecule has 180 valence electrons. The van der Waals surface area contributed by atoms with Gasteiger partial charge in [0.25, 0.3) is 0 Å². The third-order valence-electron chi connectivity index (χ3n) is 5.81. The van der Waals surface area contributed by atoms with Crippen molar-refractivity contribution in [3.63, 3.8) is 0 Å². The predicted octanol–water partition coefficient (Wildman–Crippen LogP) is 4.19. The summed E-state index contributed by atoms with van der Waals surface area (Å²) in [7, 11) is 1.61. The quantitative estimate of drug-likeness (QED) is 0.487. The Hall–Kier alpha value is -3.10. The van der Waals surface area contributed by atoms with Crippen molar-refractivity contribution in [2.24, 2.45) is 5.92 Å². The van der Waals surface area contributed by atoms with Crippen molar-refractivity contribution < 1.29 is 18.8 Å². The molecular formula is C25H29ClN4O4. The van der Waals surface area contributed by atoms with Gasteiger partial charge in [0.1, 0.15) is 6.61 Å². The number of hydrogen-bond acceptors (Lipinski definition) is 7. The highest BCUT2D eigenvalue weighted by molar-refractivity contribution is 6.30. The predicted molar refractivity (Wildman–Crippen MR) is 129 cm³/mol. The molecule has 1 fully saturated rings. The summed E-state index contributed by atoms with van der Waals surface area (Å²) in [6.45, 7) is 4.45. The van der Waals surface area contributed by atoms with Gasteiger partial charge in [-0.1, -0.05) is 41.0 Å². The zero-order valence-corrected chi connectivity index (χ0v) is 20.1. The molecule has 0 saturated carbocycles. The third kappa shape index (κ3) is 6.27. The van der Waals surface area contributed by atoms with E-state index in [4.69, 9.17) is 25.6 Å². The van der Waals surface area contributed by atoms with Crippen molar-refractivity contribution in [3.05, 3.63) is 59.4 Å². The van der Waals surface area contributed by atoms with E-state index in [9.17, 15) is 4.79 Å². The van der Waals surface area contributed by atoms with E-state index in [1.54, 1.807) is 13.2 Å². The second kappa shape index (κ2) is 11.4. The Morgan fingerprint density at radius 2 is 1.97 bits per heavy atom. The molecule has 8 nitrogen and oxygen atoms in total. The summed E-state index contributed by atoms with van der Waals surface area (Å²) in [5.74, 6) is 2.47.